The van der Waals surface area contributed by atoms with E-state index in [1.54, 1.807) is 26.1 Å². The summed E-state index contributed by atoms with van der Waals surface area (Å²) >= 11 is 1.25. The van der Waals surface area contributed by atoms with Crippen molar-refractivity contribution >= 4 is 29.1 Å². The van der Waals surface area contributed by atoms with Crippen LogP contribution in [0.3, 0.4) is 0 Å². The number of carbonyl (C=O) groups excluding carboxylic acids is 3. The predicted octanol–water partition coefficient (Wildman–Crippen LogP) is 1.65. The second-order valence-electron chi connectivity index (χ2n) is 6.87. The van der Waals surface area contributed by atoms with Crippen LogP contribution in [0, 0.1) is 12.7 Å². The minimum absolute atomic E-state index is 0.170. The lowest BCUT2D eigenvalue weighted by Crippen LogP contribution is -2.48. The molecule has 2 aromatic rings. The van der Waals surface area contributed by atoms with E-state index in [-0.39, 0.29) is 30.1 Å². The van der Waals surface area contributed by atoms with Gasteiger partial charge in [-0.15, -0.1) is 11.3 Å². The molecule has 1 atom stereocenters. The first-order valence-corrected chi connectivity index (χ1v) is 10.2. The number of amides is 3. The molecule has 0 bridgehead atoms. The van der Waals surface area contributed by atoms with E-state index in [0.29, 0.717) is 30.0 Å². The molecule has 154 valence electrons. The number of likely N-dealkylation sites (tertiary alicyclic amines) is 1. The first-order chi connectivity index (χ1) is 13.9. The van der Waals surface area contributed by atoms with Crippen LogP contribution in [0.15, 0.2) is 24.3 Å². The Morgan fingerprint density at radius 2 is 2.00 bits per heavy atom. The summed E-state index contributed by atoms with van der Waals surface area (Å²) in [5.74, 6) is -1.14. The van der Waals surface area contributed by atoms with Crippen LogP contribution < -0.4 is 10.6 Å². The summed E-state index contributed by atoms with van der Waals surface area (Å²) in [4.78, 5) is 43.2. The van der Waals surface area contributed by atoms with Gasteiger partial charge >= 0.3 is 0 Å². The second-order valence-corrected chi connectivity index (χ2v) is 7.95. The molecule has 29 heavy (non-hydrogen) atoms. The standard InChI is InChI=1S/C20H23FN4O3S/c1-12-18(29-16(24-12)10-13-5-7-14(21)8-6-13)20(28)23-11-17(26)25-9-3-4-15(25)19(27)22-2/h5-8,15H,3-4,9-11H2,1-2H3,(H,22,27)(H,23,28). The summed E-state index contributed by atoms with van der Waals surface area (Å²) in [5.41, 5.74) is 1.48. The van der Waals surface area contributed by atoms with Gasteiger partial charge in [0.15, 0.2) is 0 Å². The third-order valence-corrected chi connectivity index (χ3v) is 5.99. The van der Waals surface area contributed by atoms with Gasteiger partial charge in [0.25, 0.3) is 5.91 Å². The summed E-state index contributed by atoms with van der Waals surface area (Å²) in [6.07, 6.45) is 1.89. The van der Waals surface area contributed by atoms with Crippen LogP contribution in [-0.2, 0) is 16.0 Å². The Labute approximate surface area is 172 Å². The highest BCUT2D eigenvalue weighted by molar-refractivity contribution is 7.13. The largest absolute Gasteiger partial charge is 0.357 e. The summed E-state index contributed by atoms with van der Waals surface area (Å²) < 4.78 is 13.0. The number of likely N-dealkylation sites (N-methyl/N-ethyl adjacent to an activating group) is 1. The van der Waals surface area contributed by atoms with Crippen molar-refractivity contribution in [3.63, 3.8) is 0 Å². The van der Waals surface area contributed by atoms with Crippen molar-refractivity contribution in [1.82, 2.24) is 20.5 Å². The third-order valence-electron chi connectivity index (χ3n) is 4.84. The number of hydrogen-bond acceptors (Lipinski definition) is 5. The van der Waals surface area contributed by atoms with Crippen LogP contribution >= 0.6 is 11.3 Å². The Morgan fingerprint density at radius 3 is 2.69 bits per heavy atom. The third kappa shape index (κ3) is 4.97. The molecule has 0 aliphatic carbocycles. The van der Waals surface area contributed by atoms with Crippen molar-refractivity contribution < 1.29 is 18.8 Å². The van der Waals surface area contributed by atoms with E-state index in [1.807, 2.05) is 0 Å². The van der Waals surface area contributed by atoms with Gasteiger partial charge in [0.05, 0.1) is 17.2 Å². The van der Waals surface area contributed by atoms with Gasteiger partial charge in [-0.05, 0) is 37.5 Å². The van der Waals surface area contributed by atoms with Gasteiger partial charge < -0.3 is 15.5 Å². The number of aromatic nitrogens is 1. The van der Waals surface area contributed by atoms with Crippen LogP contribution in [0.4, 0.5) is 4.39 Å². The van der Waals surface area contributed by atoms with E-state index < -0.39 is 6.04 Å². The average molecular weight is 418 g/mol. The first kappa shape index (κ1) is 20.9. The molecular formula is C20H23FN4O3S. The topological polar surface area (TPSA) is 91.4 Å². The molecule has 9 heteroatoms. The number of nitrogens with zero attached hydrogens (tertiary/aromatic N) is 2. The number of halogens is 1. The number of aryl methyl sites for hydroxylation is 1. The monoisotopic (exact) mass is 418 g/mol. The van der Waals surface area contributed by atoms with Crippen molar-refractivity contribution in [3.8, 4) is 0 Å². The van der Waals surface area contributed by atoms with E-state index in [0.717, 1.165) is 17.0 Å². The fourth-order valence-corrected chi connectivity index (χ4v) is 4.37. The smallest absolute Gasteiger partial charge is 0.263 e. The molecule has 1 aliphatic heterocycles. The highest BCUT2D eigenvalue weighted by Gasteiger charge is 2.33. The quantitative estimate of drug-likeness (QED) is 0.746. The molecule has 1 aliphatic rings. The number of thiazole rings is 1. The van der Waals surface area contributed by atoms with Gasteiger partial charge in [-0.2, -0.15) is 0 Å². The molecule has 7 nitrogen and oxygen atoms in total. The Balaban J connectivity index is 1.59. The number of carbonyl (C=O) groups is 3. The summed E-state index contributed by atoms with van der Waals surface area (Å²) in [6, 6.07) is 5.67. The van der Waals surface area contributed by atoms with Gasteiger partial charge in [0.2, 0.25) is 11.8 Å². The molecule has 0 spiro atoms. The zero-order valence-corrected chi connectivity index (χ0v) is 17.1. The minimum atomic E-state index is -0.475. The second kappa shape index (κ2) is 9.13. The normalized spacial score (nSPS) is 16.0. The number of benzene rings is 1. The van der Waals surface area contributed by atoms with Gasteiger partial charge in [-0.3, -0.25) is 14.4 Å². The van der Waals surface area contributed by atoms with E-state index in [1.165, 1.54) is 28.4 Å². The van der Waals surface area contributed by atoms with Crippen molar-refractivity contribution in [3.05, 3.63) is 51.2 Å². The van der Waals surface area contributed by atoms with Crippen LogP contribution in [0.5, 0.6) is 0 Å². The maximum Gasteiger partial charge on any atom is 0.263 e. The molecule has 1 aromatic carbocycles. The molecule has 1 saturated heterocycles. The van der Waals surface area contributed by atoms with Gasteiger partial charge in [-0.25, -0.2) is 9.37 Å². The average Bonchev–Trinajstić information content (AvgIpc) is 3.34. The molecule has 0 saturated carbocycles. The van der Waals surface area contributed by atoms with Gasteiger partial charge in [0.1, 0.15) is 16.7 Å². The molecule has 1 aromatic heterocycles. The predicted molar refractivity (Wildman–Crippen MR) is 107 cm³/mol. The minimum Gasteiger partial charge on any atom is -0.357 e. The molecule has 3 rings (SSSR count). The number of rotatable bonds is 6. The summed E-state index contributed by atoms with van der Waals surface area (Å²) in [5, 5.41) is 5.95. The fraction of sp³-hybridized carbons (Fsp3) is 0.400. The van der Waals surface area contributed by atoms with E-state index >= 15 is 0 Å². The number of hydrogen-bond donors (Lipinski definition) is 2. The van der Waals surface area contributed by atoms with Crippen LogP contribution in [-0.4, -0.2) is 53.8 Å². The maximum absolute atomic E-state index is 13.0. The van der Waals surface area contributed by atoms with Crippen LogP contribution in [0.25, 0.3) is 0 Å². The zero-order valence-electron chi connectivity index (χ0n) is 16.3. The highest BCUT2D eigenvalue weighted by Crippen LogP contribution is 2.21. The summed E-state index contributed by atoms with van der Waals surface area (Å²) in [6.45, 7) is 2.08. The number of nitrogens with one attached hydrogen (secondary N) is 2. The zero-order chi connectivity index (χ0) is 21.0. The van der Waals surface area contributed by atoms with Crippen LogP contribution in [0.2, 0.25) is 0 Å². The van der Waals surface area contributed by atoms with Crippen LogP contribution in [0.1, 0.15) is 38.8 Å². The molecule has 0 radical (unpaired) electrons. The lowest BCUT2D eigenvalue weighted by atomic mass is 10.1. The fourth-order valence-electron chi connectivity index (χ4n) is 3.36. The first-order valence-electron chi connectivity index (χ1n) is 9.39. The van der Waals surface area contributed by atoms with E-state index in [2.05, 4.69) is 15.6 Å². The Kier molecular flexibility index (Phi) is 6.58. The maximum atomic E-state index is 13.0. The van der Waals surface area contributed by atoms with Gasteiger partial charge in [-0.1, -0.05) is 12.1 Å². The molecule has 3 amide bonds. The van der Waals surface area contributed by atoms with Crippen molar-refractivity contribution in [2.45, 2.75) is 32.2 Å². The van der Waals surface area contributed by atoms with E-state index in [4.69, 9.17) is 0 Å². The van der Waals surface area contributed by atoms with Crippen molar-refractivity contribution in [2.24, 2.45) is 0 Å². The molecule has 1 unspecified atom stereocenters. The SMILES string of the molecule is CNC(=O)C1CCCN1C(=O)CNC(=O)c1sc(Cc2ccc(F)cc2)nc1C. The Bertz CT molecular complexity index is 913. The van der Waals surface area contributed by atoms with Crippen molar-refractivity contribution in [2.75, 3.05) is 20.1 Å². The summed E-state index contributed by atoms with van der Waals surface area (Å²) in [7, 11) is 1.54. The lowest BCUT2D eigenvalue weighted by molar-refractivity contribution is -0.137. The van der Waals surface area contributed by atoms with E-state index in [9.17, 15) is 18.8 Å². The Hall–Kier alpha value is -2.81. The van der Waals surface area contributed by atoms with Crippen molar-refractivity contribution in [1.29, 1.82) is 0 Å². The van der Waals surface area contributed by atoms with Gasteiger partial charge in [0, 0.05) is 20.0 Å². The Morgan fingerprint density at radius 1 is 1.28 bits per heavy atom. The molecule has 2 N–H and O–H groups in total. The molecule has 2 heterocycles. The highest BCUT2D eigenvalue weighted by atomic mass is 32.1. The molecular weight excluding hydrogens is 395 g/mol. The molecule has 1 fully saturated rings. The lowest BCUT2D eigenvalue weighted by Gasteiger charge is -2.23.